The number of aliphatic carboxylic acids is 1. The van der Waals surface area contributed by atoms with Gasteiger partial charge in [-0.3, -0.25) is 9.59 Å². The van der Waals surface area contributed by atoms with Gasteiger partial charge in [0.2, 0.25) is 5.91 Å². The molecule has 1 aromatic carbocycles. The molecule has 27 heavy (non-hydrogen) atoms. The van der Waals surface area contributed by atoms with E-state index in [1.807, 2.05) is 0 Å². The number of rotatable bonds is 6. The molecule has 0 bridgehead atoms. The molecule has 1 aromatic heterocycles. The van der Waals surface area contributed by atoms with Crippen LogP contribution in [0, 0.1) is 17.7 Å². The molecular formula is C18H19ClFN3O4. The molecule has 1 heterocycles. The molecule has 2 aromatic rings. The van der Waals surface area contributed by atoms with Crippen molar-refractivity contribution in [3.63, 3.8) is 0 Å². The molecule has 0 aliphatic heterocycles. The van der Waals surface area contributed by atoms with Gasteiger partial charge in [-0.2, -0.15) is 5.10 Å². The monoisotopic (exact) mass is 395 g/mol. The van der Waals surface area contributed by atoms with E-state index in [1.165, 1.54) is 23.0 Å². The molecule has 0 spiro atoms. The number of halogens is 2. The third-order valence-electron chi connectivity index (χ3n) is 4.57. The summed E-state index contributed by atoms with van der Waals surface area (Å²) < 4.78 is 19.9. The fraction of sp³-hybridized carbons (Fsp3) is 0.389. The second kappa shape index (κ2) is 8.39. The maximum atomic E-state index is 13.0. The quantitative estimate of drug-likeness (QED) is 0.780. The van der Waals surface area contributed by atoms with Crippen LogP contribution >= 0.6 is 11.6 Å². The number of hydrogen-bond donors (Lipinski definition) is 2. The van der Waals surface area contributed by atoms with Gasteiger partial charge in [0.1, 0.15) is 11.6 Å². The Kier molecular flexibility index (Phi) is 5.95. The van der Waals surface area contributed by atoms with E-state index in [2.05, 4.69) is 10.4 Å². The Bertz CT molecular complexity index is 842. The fourth-order valence-corrected chi connectivity index (χ4v) is 3.42. The molecule has 144 valence electrons. The number of carboxylic acid groups (broad SMARTS) is 1. The van der Waals surface area contributed by atoms with Gasteiger partial charge in [-0.15, -0.1) is 0 Å². The van der Waals surface area contributed by atoms with Crippen LogP contribution < -0.4 is 10.1 Å². The van der Waals surface area contributed by atoms with Crippen LogP contribution in [0.5, 0.6) is 5.75 Å². The Hall–Kier alpha value is -2.61. The van der Waals surface area contributed by atoms with Crippen molar-refractivity contribution >= 4 is 29.2 Å². The minimum atomic E-state index is -0.935. The van der Waals surface area contributed by atoms with Crippen molar-refractivity contribution in [2.24, 2.45) is 11.8 Å². The van der Waals surface area contributed by atoms with Crippen LogP contribution in [0.1, 0.15) is 25.7 Å². The standard InChI is InChI=1S/C18H19ClFN3O4/c19-15-7-11(20)5-6-16(15)27-10-23-9-12(8-21-23)22-17(24)13-3-1-2-4-14(13)18(25)26/h5-9,13-14H,1-4,10H2,(H,22,24)(H,25,26). The zero-order valence-corrected chi connectivity index (χ0v) is 15.2. The highest BCUT2D eigenvalue weighted by Gasteiger charge is 2.35. The predicted molar refractivity (Wildman–Crippen MR) is 96.0 cm³/mol. The number of anilines is 1. The Morgan fingerprint density at radius 2 is 2.07 bits per heavy atom. The first kappa shape index (κ1) is 19.2. The number of hydrogen-bond acceptors (Lipinski definition) is 4. The van der Waals surface area contributed by atoms with Gasteiger partial charge in [0.25, 0.3) is 0 Å². The number of amides is 1. The van der Waals surface area contributed by atoms with Crippen LogP contribution in [-0.2, 0) is 16.3 Å². The number of carboxylic acids is 1. The summed E-state index contributed by atoms with van der Waals surface area (Å²) in [6.45, 7) is 0.0163. The summed E-state index contributed by atoms with van der Waals surface area (Å²) in [5.41, 5.74) is 0.448. The molecule has 0 radical (unpaired) electrons. The number of benzene rings is 1. The summed E-state index contributed by atoms with van der Waals surface area (Å²) in [7, 11) is 0. The van der Waals surface area contributed by atoms with E-state index in [0.717, 1.165) is 18.9 Å². The summed E-state index contributed by atoms with van der Waals surface area (Å²) in [6, 6.07) is 3.80. The van der Waals surface area contributed by atoms with Gasteiger partial charge >= 0.3 is 5.97 Å². The van der Waals surface area contributed by atoms with E-state index in [9.17, 15) is 19.1 Å². The van der Waals surface area contributed by atoms with Gasteiger partial charge in [0, 0.05) is 0 Å². The summed E-state index contributed by atoms with van der Waals surface area (Å²) >= 11 is 5.90. The maximum Gasteiger partial charge on any atom is 0.307 e. The van der Waals surface area contributed by atoms with Crippen molar-refractivity contribution < 1.29 is 23.8 Å². The van der Waals surface area contributed by atoms with Crippen LogP contribution in [0.15, 0.2) is 30.6 Å². The smallest absolute Gasteiger partial charge is 0.307 e. The highest BCUT2D eigenvalue weighted by atomic mass is 35.5. The van der Waals surface area contributed by atoms with Crippen molar-refractivity contribution in [2.75, 3.05) is 5.32 Å². The predicted octanol–water partition coefficient (Wildman–Crippen LogP) is 3.54. The van der Waals surface area contributed by atoms with Gasteiger partial charge < -0.3 is 15.2 Å². The van der Waals surface area contributed by atoms with Crippen LogP contribution in [0.4, 0.5) is 10.1 Å². The molecule has 3 rings (SSSR count). The van der Waals surface area contributed by atoms with Crippen molar-refractivity contribution in [1.29, 1.82) is 0 Å². The third-order valence-corrected chi connectivity index (χ3v) is 4.86. The topological polar surface area (TPSA) is 93.5 Å². The number of aromatic nitrogens is 2. The Morgan fingerprint density at radius 3 is 2.78 bits per heavy atom. The average Bonchev–Trinajstić information content (AvgIpc) is 3.08. The lowest BCUT2D eigenvalue weighted by Gasteiger charge is -2.27. The van der Waals surface area contributed by atoms with Gasteiger partial charge in [-0.05, 0) is 31.0 Å². The molecule has 0 saturated heterocycles. The first-order valence-electron chi connectivity index (χ1n) is 8.58. The minimum absolute atomic E-state index is 0.0163. The lowest BCUT2D eigenvalue weighted by molar-refractivity contribution is -0.147. The first-order chi connectivity index (χ1) is 12.9. The van der Waals surface area contributed by atoms with Crippen LogP contribution in [0.25, 0.3) is 0 Å². The zero-order valence-electron chi connectivity index (χ0n) is 14.4. The molecule has 9 heteroatoms. The van der Waals surface area contributed by atoms with Gasteiger partial charge in [0.05, 0.1) is 34.9 Å². The fourth-order valence-electron chi connectivity index (χ4n) is 3.20. The highest BCUT2D eigenvalue weighted by Crippen LogP contribution is 2.31. The van der Waals surface area contributed by atoms with Gasteiger partial charge in [-0.1, -0.05) is 24.4 Å². The molecule has 1 amide bonds. The average molecular weight is 396 g/mol. The largest absolute Gasteiger partial charge is 0.481 e. The summed E-state index contributed by atoms with van der Waals surface area (Å²) in [5.74, 6) is -2.60. The van der Waals surface area contributed by atoms with E-state index < -0.39 is 23.6 Å². The molecule has 2 unspecified atom stereocenters. The van der Waals surface area contributed by atoms with Crippen LogP contribution in [0.3, 0.4) is 0 Å². The molecule has 2 atom stereocenters. The van der Waals surface area contributed by atoms with E-state index in [4.69, 9.17) is 16.3 Å². The van der Waals surface area contributed by atoms with Crippen molar-refractivity contribution in [3.8, 4) is 5.75 Å². The van der Waals surface area contributed by atoms with Crippen molar-refractivity contribution in [3.05, 3.63) is 41.4 Å². The van der Waals surface area contributed by atoms with E-state index in [0.29, 0.717) is 24.3 Å². The van der Waals surface area contributed by atoms with E-state index in [-0.39, 0.29) is 17.7 Å². The molecule has 1 aliphatic carbocycles. The third kappa shape index (κ3) is 4.77. The second-order valence-electron chi connectivity index (χ2n) is 6.44. The van der Waals surface area contributed by atoms with Crippen molar-refractivity contribution in [1.82, 2.24) is 9.78 Å². The lowest BCUT2D eigenvalue weighted by atomic mass is 9.78. The second-order valence-corrected chi connectivity index (χ2v) is 6.85. The van der Waals surface area contributed by atoms with Crippen molar-refractivity contribution in [2.45, 2.75) is 32.4 Å². The Balaban J connectivity index is 1.58. The molecule has 2 N–H and O–H groups in total. The molecule has 1 aliphatic rings. The number of carbonyl (C=O) groups excluding carboxylic acids is 1. The van der Waals surface area contributed by atoms with Crippen LogP contribution in [-0.4, -0.2) is 26.8 Å². The van der Waals surface area contributed by atoms with Crippen LogP contribution in [0.2, 0.25) is 5.02 Å². The Labute approximate surface area is 160 Å². The Morgan fingerprint density at radius 1 is 1.33 bits per heavy atom. The molecule has 1 fully saturated rings. The minimum Gasteiger partial charge on any atom is -0.481 e. The molecular weight excluding hydrogens is 377 g/mol. The summed E-state index contributed by atoms with van der Waals surface area (Å²) in [4.78, 5) is 23.8. The summed E-state index contributed by atoms with van der Waals surface area (Å²) in [6.07, 6.45) is 5.75. The normalized spacial score (nSPS) is 19.5. The number of nitrogens with one attached hydrogen (secondary N) is 1. The molecule has 1 saturated carbocycles. The van der Waals surface area contributed by atoms with E-state index in [1.54, 1.807) is 6.20 Å². The maximum absolute atomic E-state index is 13.0. The van der Waals surface area contributed by atoms with Gasteiger partial charge in [-0.25, -0.2) is 9.07 Å². The number of nitrogens with zero attached hydrogens (tertiary/aromatic N) is 2. The molecule has 7 nitrogen and oxygen atoms in total. The van der Waals surface area contributed by atoms with Gasteiger partial charge in [0.15, 0.2) is 6.73 Å². The summed E-state index contributed by atoms with van der Waals surface area (Å²) in [5, 5.41) is 16.2. The van der Waals surface area contributed by atoms with E-state index >= 15 is 0 Å². The first-order valence-corrected chi connectivity index (χ1v) is 8.96. The lowest BCUT2D eigenvalue weighted by Crippen LogP contribution is -2.35. The zero-order chi connectivity index (χ0) is 19.4. The SMILES string of the molecule is O=C(O)C1CCCCC1C(=O)Nc1cnn(COc2ccc(F)cc2Cl)c1. The number of carbonyl (C=O) groups is 2. The highest BCUT2D eigenvalue weighted by molar-refractivity contribution is 6.32. The number of ether oxygens (including phenoxy) is 1.